The van der Waals surface area contributed by atoms with Crippen molar-refractivity contribution in [1.82, 2.24) is 15.1 Å². The number of carboxylic acid groups (broad SMARTS) is 1. The largest absolute Gasteiger partial charge is 0.491 e. The second-order valence-corrected chi connectivity index (χ2v) is 9.11. The molecule has 2 amide bonds. The van der Waals surface area contributed by atoms with Gasteiger partial charge in [-0.25, -0.2) is 0 Å². The summed E-state index contributed by atoms with van der Waals surface area (Å²) in [7, 11) is 0. The van der Waals surface area contributed by atoms with Crippen LogP contribution in [0.2, 0.25) is 0 Å². The van der Waals surface area contributed by atoms with Crippen molar-refractivity contribution in [3.8, 4) is 16.9 Å². The van der Waals surface area contributed by atoms with Crippen LogP contribution in [0.15, 0.2) is 48.5 Å². The Labute approximate surface area is 209 Å². The van der Waals surface area contributed by atoms with Gasteiger partial charge >= 0.3 is 5.97 Å². The zero-order chi connectivity index (χ0) is 25.7. The Morgan fingerprint density at radius 2 is 1.67 bits per heavy atom. The van der Waals surface area contributed by atoms with E-state index in [2.05, 4.69) is 5.32 Å². The second-order valence-electron chi connectivity index (χ2n) is 9.11. The number of nitrogen functional groups attached to an aromatic ring is 1. The number of nitrogens with two attached hydrogens (primary N) is 1. The molecule has 0 saturated carbocycles. The topological polar surface area (TPSA) is 149 Å². The second kappa shape index (κ2) is 11.2. The third kappa shape index (κ3) is 6.01. The van der Waals surface area contributed by atoms with E-state index >= 15 is 0 Å². The summed E-state index contributed by atoms with van der Waals surface area (Å²) < 4.78 is 5.97. The van der Waals surface area contributed by atoms with Crippen molar-refractivity contribution in [2.24, 2.45) is 11.7 Å². The number of carbonyl (C=O) groups is 3. The predicted octanol–water partition coefficient (Wildman–Crippen LogP) is 1.14. The summed E-state index contributed by atoms with van der Waals surface area (Å²) in [4.78, 5) is 40.2. The number of ether oxygens (including phenoxy) is 1. The summed E-state index contributed by atoms with van der Waals surface area (Å²) in [5.74, 6) is -1.50. The maximum atomic E-state index is 13.0. The van der Waals surface area contributed by atoms with Gasteiger partial charge in [-0.05, 0) is 29.7 Å². The van der Waals surface area contributed by atoms with Gasteiger partial charge in [0.2, 0.25) is 11.8 Å². The molecular weight excluding hydrogens is 462 g/mol. The lowest BCUT2D eigenvalue weighted by atomic mass is 10.0. The molecule has 10 nitrogen and oxygen atoms in total. The molecule has 2 aliphatic heterocycles. The number of hydrogen-bond donors (Lipinski definition) is 4. The fraction of sp³-hybridized carbons (Fsp3) is 0.385. The van der Waals surface area contributed by atoms with E-state index in [4.69, 9.17) is 15.9 Å². The minimum atomic E-state index is -1.03. The van der Waals surface area contributed by atoms with E-state index in [0.717, 1.165) is 11.1 Å². The SMILES string of the molecule is N=C(N)c1ccc(-c2ccc(OC[C@@H]3C[C@@H](CC(=O)O)C(=O)N3CC(=O)N3CCNCC3)cc2)cc1. The maximum absolute atomic E-state index is 13.0. The van der Waals surface area contributed by atoms with Gasteiger partial charge in [0.05, 0.1) is 18.4 Å². The van der Waals surface area contributed by atoms with Crippen LogP contribution in [-0.2, 0) is 14.4 Å². The van der Waals surface area contributed by atoms with E-state index in [1.54, 1.807) is 17.0 Å². The van der Waals surface area contributed by atoms with Crippen molar-refractivity contribution in [1.29, 1.82) is 5.41 Å². The van der Waals surface area contributed by atoms with Crippen LogP contribution in [0.5, 0.6) is 5.75 Å². The first-order valence-corrected chi connectivity index (χ1v) is 12.0. The van der Waals surface area contributed by atoms with Crippen molar-refractivity contribution < 1.29 is 24.2 Å². The minimum Gasteiger partial charge on any atom is -0.491 e. The van der Waals surface area contributed by atoms with Crippen LogP contribution >= 0.6 is 0 Å². The van der Waals surface area contributed by atoms with Crippen molar-refractivity contribution >= 4 is 23.6 Å². The molecule has 2 saturated heterocycles. The van der Waals surface area contributed by atoms with E-state index in [9.17, 15) is 19.5 Å². The number of rotatable bonds is 9. The number of likely N-dealkylation sites (tertiary alicyclic amines) is 1. The molecule has 10 heteroatoms. The number of nitrogens with zero attached hydrogens (tertiary/aromatic N) is 2. The average molecular weight is 494 g/mol. The molecule has 2 fully saturated rings. The first-order chi connectivity index (χ1) is 17.3. The molecule has 0 unspecified atom stereocenters. The van der Waals surface area contributed by atoms with Crippen molar-refractivity contribution in [2.45, 2.75) is 18.9 Å². The van der Waals surface area contributed by atoms with E-state index in [1.807, 2.05) is 36.4 Å². The first kappa shape index (κ1) is 25.2. The third-order valence-electron chi connectivity index (χ3n) is 6.65. The molecule has 4 rings (SSSR count). The highest BCUT2D eigenvalue weighted by molar-refractivity contribution is 5.95. The Morgan fingerprint density at radius 3 is 2.25 bits per heavy atom. The summed E-state index contributed by atoms with van der Waals surface area (Å²) in [5, 5.41) is 19.9. The summed E-state index contributed by atoms with van der Waals surface area (Å²) in [5.41, 5.74) is 8.12. The molecule has 2 aliphatic rings. The summed E-state index contributed by atoms with van der Waals surface area (Å²) in [6, 6.07) is 14.5. The molecule has 0 bridgehead atoms. The van der Waals surface area contributed by atoms with Gasteiger partial charge in [0, 0.05) is 31.7 Å². The predicted molar refractivity (Wildman–Crippen MR) is 134 cm³/mol. The molecule has 2 heterocycles. The Balaban J connectivity index is 1.40. The van der Waals surface area contributed by atoms with Crippen LogP contribution in [0.1, 0.15) is 18.4 Å². The molecule has 2 atom stereocenters. The van der Waals surface area contributed by atoms with E-state index < -0.39 is 11.9 Å². The highest BCUT2D eigenvalue weighted by Crippen LogP contribution is 2.29. The number of carbonyl (C=O) groups excluding carboxylic acids is 2. The van der Waals surface area contributed by atoms with Gasteiger partial charge in [-0.2, -0.15) is 0 Å². The molecular formula is C26H31N5O5. The number of aliphatic carboxylic acids is 1. The molecule has 0 radical (unpaired) electrons. The summed E-state index contributed by atoms with van der Waals surface area (Å²) in [6.07, 6.45) is 0.0747. The van der Waals surface area contributed by atoms with Gasteiger partial charge < -0.3 is 30.7 Å². The van der Waals surface area contributed by atoms with Gasteiger partial charge in [0.15, 0.2) is 0 Å². The van der Waals surface area contributed by atoms with E-state index in [1.165, 1.54) is 4.90 Å². The van der Waals surface area contributed by atoms with Crippen molar-refractivity contribution in [3.63, 3.8) is 0 Å². The van der Waals surface area contributed by atoms with Gasteiger partial charge in [0.1, 0.15) is 24.7 Å². The van der Waals surface area contributed by atoms with Gasteiger partial charge in [-0.3, -0.25) is 19.8 Å². The Morgan fingerprint density at radius 1 is 1.06 bits per heavy atom. The number of nitrogens with one attached hydrogen (secondary N) is 2. The number of amidine groups is 1. The third-order valence-corrected chi connectivity index (χ3v) is 6.65. The van der Waals surface area contributed by atoms with Crippen LogP contribution in [0.3, 0.4) is 0 Å². The molecule has 2 aromatic rings. The van der Waals surface area contributed by atoms with Gasteiger partial charge in [0.25, 0.3) is 0 Å². The molecule has 5 N–H and O–H groups in total. The van der Waals surface area contributed by atoms with Crippen LogP contribution in [0.4, 0.5) is 0 Å². The van der Waals surface area contributed by atoms with Crippen LogP contribution in [-0.4, -0.2) is 83.9 Å². The first-order valence-electron chi connectivity index (χ1n) is 12.0. The zero-order valence-electron chi connectivity index (χ0n) is 20.0. The molecule has 0 spiro atoms. The lowest BCUT2D eigenvalue weighted by Gasteiger charge is -2.31. The average Bonchev–Trinajstić information content (AvgIpc) is 3.17. The zero-order valence-corrected chi connectivity index (χ0v) is 20.0. The molecule has 36 heavy (non-hydrogen) atoms. The summed E-state index contributed by atoms with van der Waals surface area (Å²) >= 11 is 0. The smallest absolute Gasteiger partial charge is 0.304 e. The molecule has 0 aliphatic carbocycles. The lowest BCUT2D eigenvalue weighted by Crippen LogP contribution is -2.51. The quantitative estimate of drug-likeness (QED) is 0.302. The van der Waals surface area contributed by atoms with Gasteiger partial charge in [-0.1, -0.05) is 36.4 Å². The van der Waals surface area contributed by atoms with Crippen LogP contribution in [0, 0.1) is 11.3 Å². The lowest BCUT2D eigenvalue weighted by molar-refractivity contribution is -0.144. The Bertz CT molecular complexity index is 1110. The molecule has 2 aromatic carbocycles. The van der Waals surface area contributed by atoms with Crippen molar-refractivity contribution in [3.05, 3.63) is 54.1 Å². The molecule has 190 valence electrons. The monoisotopic (exact) mass is 493 g/mol. The highest BCUT2D eigenvalue weighted by Gasteiger charge is 2.42. The fourth-order valence-corrected chi connectivity index (χ4v) is 4.66. The number of benzene rings is 2. The van der Waals surface area contributed by atoms with Crippen molar-refractivity contribution in [2.75, 3.05) is 39.3 Å². The van der Waals surface area contributed by atoms with Crippen LogP contribution in [0.25, 0.3) is 11.1 Å². The summed E-state index contributed by atoms with van der Waals surface area (Å²) in [6.45, 7) is 2.70. The minimum absolute atomic E-state index is 0.0185. The van der Waals surface area contributed by atoms with E-state index in [-0.39, 0.29) is 43.3 Å². The fourth-order valence-electron chi connectivity index (χ4n) is 4.66. The number of hydrogen-bond acceptors (Lipinski definition) is 6. The normalized spacial score (nSPS) is 19.8. The Hall–Kier alpha value is -3.92. The Kier molecular flexibility index (Phi) is 7.84. The van der Waals surface area contributed by atoms with Crippen LogP contribution < -0.4 is 15.8 Å². The highest BCUT2D eigenvalue weighted by atomic mass is 16.5. The number of carboxylic acids is 1. The van der Waals surface area contributed by atoms with Gasteiger partial charge in [-0.15, -0.1) is 0 Å². The number of piperazine rings is 1. The standard InChI is InChI=1S/C26H31N5O5/c27-25(28)19-3-1-17(2-4-19)18-5-7-22(8-6-18)36-16-21-13-20(14-24(33)34)26(35)31(21)15-23(32)30-11-9-29-10-12-30/h1-8,20-21,29H,9-16H2,(H3,27,28)(H,33,34)/t20-,21-/m0/s1. The number of amides is 2. The molecule has 0 aromatic heterocycles. The maximum Gasteiger partial charge on any atom is 0.304 e. The van der Waals surface area contributed by atoms with E-state index in [0.29, 0.717) is 43.9 Å².